The van der Waals surface area contributed by atoms with Crippen LogP contribution in [0.1, 0.15) is 20.8 Å². The molecule has 0 unspecified atom stereocenters. The van der Waals surface area contributed by atoms with Crippen LogP contribution in [0.15, 0.2) is 0 Å². The summed E-state index contributed by atoms with van der Waals surface area (Å²) in [5.41, 5.74) is 0. The maximum Gasteiger partial charge on any atom is 0.0589 e. The fourth-order valence-corrected chi connectivity index (χ4v) is 0.869. The Labute approximate surface area is 83.0 Å². The lowest BCUT2D eigenvalue weighted by Crippen LogP contribution is -2.30. The van der Waals surface area contributed by atoms with E-state index in [0.29, 0.717) is 0 Å². The number of methoxy groups -OCH3 is 2. The lowest BCUT2D eigenvalue weighted by Gasteiger charge is -2.18. The first-order chi connectivity index (χ1) is 6.35. The van der Waals surface area contributed by atoms with E-state index in [-0.39, 0.29) is 0 Å². The molecule has 3 heteroatoms. The molecule has 0 bridgehead atoms. The van der Waals surface area contributed by atoms with Crippen LogP contribution in [0.3, 0.4) is 0 Å². The molecule has 0 rings (SSSR count). The van der Waals surface area contributed by atoms with Gasteiger partial charge in [0, 0.05) is 27.3 Å². The minimum atomic E-state index is 0.803. The third kappa shape index (κ3) is 11.9. The Kier molecular flexibility index (Phi) is 17.0. The van der Waals surface area contributed by atoms with Crippen molar-refractivity contribution in [1.29, 1.82) is 0 Å². The summed E-state index contributed by atoms with van der Waals surface area (Å²) < 4.78 is 9.94. The monoisotopic (exact) mass is 191 g/mol. The molecule has 0 aliphatic heterocycles. The van der Waals surface area contributed by atoms with Crippen molar-refractivity contribution in [3.8, 4) is 0 Å². The molecule has 82 valence electrons. The van der Waals surface area contributed by atoms with Crippen LogP contribution in [-0.2, 0) is 9.47 Å². The van der Waals surface area contributed by atoms with Gasteiger partial charge >= 0.3 is 0 Å². The van der Waals surface area contributed by atoms with Crippen LogP contribution < -0.4 is 0 Å². The van der Waals surface area contributed by atoms with E-state index in [1.807, 2.05) is 13.8 Å². The summed E-state index contributed by atoms with van der Waals surface area (Å²) in [5.74, 6) is 0. The number of likely N-dealkylation sites (N-methyl/N-ethyl adjacent to an activating group) is 1. The Balaban J connectivity index is 0. The smallest absolute Gasteiger partial charge is 0.0589 e. The molecule has 0 saturated carbocycles. The number of hydrogen-bond acceptors (Lipinski definition) is 3. The normalized spacial score (nSPS) is 9.69. The average molecular weight is 191 g/mol. The van der Waals surface area contributed by atoms with Crippen molar-refractivity contribution in [2.45, 2.75) is 20.8 Å². The average Bonchev–Trinajstić information content (AvgIpc) is 2.21. The largest absolute Gasteiger partial charge is 0.383 e. The zero-order valence-corrected chi connectivity index (χ0v) is 9.80. The summed E-state index contributed by atoms with van der Waals surface area (Å²) in [7, 11) is 3.45. The van der Waals surface area contributed by atoms with Crippen molar-refractivity contribution >= 4 is 0 Å². The predicted molar refractivity (Wildman–Crippen MR) is 57.2 cm³/mol. The fourth-order valence-electron chi connectivity index (χ4n) is 0.869. The highest BCUT2D eigenvalue weighted by Gasteiger charge is 1.99. The third-order valence-corrected chi connectivity index (χ3v) is 1.67. The molecule has 0 aliphatic carbocycles. The van der Waals surface area contributed by atoms with Gasteiger partial charge in [-0.25, -0.2) is 0 Å². The first kappa shape index (κ1) is 15.4. The molecule has 0 N–H and O–H groups in total. The van der Waals surface area contributed by atoms with Crippen molar-refractivity contribution in [1.82, 2.24) is 4.90 Å². The highest BCUT2D eigenvalue weighted by molar-refractivity contribution is 4.52. The number of rotatable bonds is 7. The van der Waals surface area contributed by atoms with Gasteiger partial charge in [-0.05, 0) is 6.54 Å². The van der Waals surface area contributed by atoms with Crippen molar-refractivity contribution in [2.75, 3.05) is 47.1 Å². The first-order valence-corrected chi connectivity index (χ1v) is 5.05. The molecule has 0 aromatic rings. The SMILES string of the molecule is CC.CCN(CCOC)CCOC. The zero-order valence-electron chi connectivity index (χ0n) is 9.80. The molecular formula is C10H25NO2. The van der Waals surface area contributed by atoms with Gasteiger partial charge in [-0.15, -0.1) is 0 Å². The lowest BCUT2D eigenvalue weighted by atomic mass is 10.5. The molecule has 0 atom stereocenters. The highest BCUT2D eigenvalue weighted by Crippen LogP contribution is 1.86. The molecular weight excluding hydrogens is 166 g/mol. The molecule has 13 heavy (non-hydrogen) atoms. The zero-order chi connectivity index (χ0) is 10.5. The van der Waals surface area contributed by atoms with Gasteiger partial charge in [-0.2, -0.15) is 0 Å². The van der Waals surface area contributed by atoms with Gasteiger partial charge in [0.25, 0.3) is 0 Å². The molecule has 0 fully saturated rings. The van der Waals surface area contributed by atoms with Crippen LogP contribution in [0.4, 0.5) is 0 Å². The lowest BCUT2D eigenvalue weighted by molar-refractivity contribution is 0.117. The van der Waals surface area contributed by atoms with E-state index in [1.54, 1.807) is 14.2 Å². The van der Waals surface area contributed by atoms with E-state index in [2.05, 4.69) is 11.8 Å². The van der Waals surface area contributed by atoms with Gasteiger partial charge in [0.15, 0.2) is 0 Å². The molecule has 0 saturated heterocycles. The van der Waals surface area contributed by atoms with Gasteiger partial charge in [0.1, 0.15) is 0 Å². The molecule has 3 nitrogen and oxygen atoms in total. The van der Waals surface area contributed by atoms with Crippen LogP contribution >= 0.6 is 0 Å². The summed E-state index contributed by atoms with van der Waals surface area (Å²) in [5, 5.41) is 0. The minimum Gasteiger partial charge on any atom is -0.383 e. The Hall–Kier alpha value is -0.120. The molecule has 0 radical (unpaired) electrons. The van der Waals surface area contributed by atoms with Crippen molar-refractivity contribution in [2.24, 2.45) is 0 Å². The van der Waals surface area contributed by atoms with E-state index in [4.69, 9.17) is 9.47 Å². The Morgan fingerprint density at radius 2 is 1.31 bits per heavy atom. The van der Waals surface area contributed by atoms with E-state index in [1.165, 1.54) is 0 Å². The standard InChI is InChI=1S/C8H19NO2.C2H6/c1-4-9(5-7-10-2)6-8-11-3;1-2/h4-8H2,1-3H3;1-2H3. The third-order valence-electron chi connectivity index (χ3n) is 1.67. The van der Waals surface area contributed by atoms with Crippen molar-refractivity contribution in [3.63, 3.8) is 0 Å². The Bertz CT molecular complexity index is 71.3. The van der Waals surface area contributed by atoms with E-state index < -0.39 is 0 Å². The molecule has 0 amide bonds. The van der Waals surface area contributed by atoms with Crippen molar-refractivity contribution in [3.05, 3.63) is 0 Å². The van der Waals surface area contributed by atoms with Crippen molar-refractivity contribution < 1.29 is 9.47 Å². The van der Waals surface area contributed by atoms with Crippen LogP contribution in [0.25, 0.3) is 0 Å². The summed E-state index contributed by atoms with van der Waals surface area (Å²) in [6.07, 6.45) is 0. The highest BCUT2D eigenvalue weighted by atomic mass is 16.5. The Morgan fingerprint density at radius 1 is 0.923 bits per heavy atom. The van der Waals surface area contributed by atoms with E-state index in [9.17, 15) is 0 Å². The summed E-state index contributed by atoms with van der Waals surface area (Å²) >= 11 is 0. The summed E-state index contributed by atoms with van der Waals surface area (Å²) in [6.45, 7) is 10.8. The topological polar surface area (TPSA) is 21.7 Å². The Morgan fingerprint density at radius 3 is 1.54 bits per heavy atom. The van der Waals surface area contributed by atoms with E-state index in [0.717, 1.165) is 32.8 Å². The van der Waals surface area contributed by atoms with Gasteiger partial charge in [0.2, 0.25) is 0 Å². The number of hydrogen-bond donors (Lipinski definition) is 0. The van der Waals surface area contributed by atoms with E-state index >= 15 is 0 Å². The van der Waals surface area contributed by atoms with Gasteiger partial charge in [-0.1, -0.05) is 20.8 Å². The maximum atomic E-state index is 4.97. The minimum absolute atomic E-state index is 0.803. The molecule has 0 heterocycles. The summed E-state index contributed by atoms with van der Waals surface area (Å²) in [6, 6.07) is 0. The fraction of sp³-hybridized carbons (Fsp3) is 1.00. The first-order valence-electron chi connectivity index (χ1n) is 5.05. The molecule has 0 aromatic heterocycles. The molecule has 0 spiro atoms. The second kappa shape index (κ2) is 14.4. The predicted octanol–water partition coefficient (Wildman–Crippen LogP) is 1.63. The second-order valence-electron chi connectivity index (χ2n) is 2.42. The molecule has 0 aliphatic rings. The van der Waals surface area contributed by atoms with Gasteiger partial charge < -0.3 is 9.47 Å². The molecule has 0 aromatic carbocycles. The van der Waals surface area contributed by atoms with Crippen LogP contribution in [0.2, 0.25) is 0 Å². The van der Waals surface area contributed by atoms with Gasteiger partial charge in [-0.3, -0.25) is 4.90 Å². The van der Waals surface area contributed by atoms with Crippen LogP contribution in [0.5, 0.6) is 0 Å². The quantitative estimate of drug-likeness (QED) is 0.610. The van der Waals surface area contributed by atoms with Crippen LogP contribution in [-0.4, -0.2) is 52.0 Å². The number of ether oxygens (including phenoxy) is 2. The summed E-state index contributed by atoms with van der Waals surface area (Å²) in [4.78, 5) is 2.30. The maximum absolute atomic E-state index is 4.97. The second-order valence-corrected chi connectivity index (χ2v) is 2.42. The van der Waals surface area contributed by atoms with Gasteiger partial charge in [0.05, 0.1) is 13.2 Å². The van der Waals surface area contributed by atoms with Crippen LogP contribution in [0, 0.1) is 0 Å². The number of nitrogens with zero attached hydrogens (tertiary/aromatic N) is 1.